The van der Waals surface area contributed by atoms with Crippen molar-refractivity contribution in [2.75, 3.05) is 60.8 Å². The molecule has 1 aromatic heterocycles. The summed E-state index contributed by atoms with van der Waals surface area (Å²) in [6, 6.07) is 10.4. The number of aliphatic carboxylic acids is 1. The molecule has 0 radical (unpaired) electrons. The summed E-state index contributed by atoms with van der Waals surface area (Å²) in [4.78, 5) is 67.0. The number of aromatic nitrogens is 3. The summed E-state index contributed by atoms with van der Waals surface area (Å²) in [6.07, 6.45) is -3.06. The van der Waals surface area contributed by atoms with Crippen LogP contribution in [0.5, 0.6) is 11.5 Å². The van der Waals surface area contributed by atoms with E-state index in [-0.39, 0.29) is 53.2 Å². The van der Waals surface area contributed by atoms with Crippen molar-refractivity contribution in [3.63, 3.8) is 0 Å². The Balaban J connectivity index is 0.000000512. The minimum Gasteiger partial charge on any atom is -0.480 e. The number of methoxy groups -OCH3 is 1. The summed E-state index contributed by atoms with van der Waals surface area (Å²) >= 11 is 17.2. The van der Waals surface area contributed by atoms with E-state index in [2.05, 4.69) is 38.6 Å². The second-order valence-electron chi connectivity index (χ2n) is 15.6. The smallest absolute Gasteiger partial charge is 0.416 e. The van der Waals surface area contributed by atoms with Gasteiger partial charge in [0.15, 0.2) is 7.37 Å². The molecule has 400 valence electrons. The first-order chi connectivity index (χ1) is 33.3. The normalized spacial score (nSPS) is 12.7. The van der Waals surface area contributed by atoms with E-state index in [1.165, 1.54) is 6.66 Å². The Bertz CT molecular complexity index is 2640. The zero-order chi connectivity index (χ0) is 55.3. The number of carbonyl (C=O) groups excluding carboxylic acids is 2. The first-order valence-corrected chi connectivity index (χ1v) is 26.8. The molecule has 7 N–H and O–H groups in total. The number of carboxylic acid groups (broad SMARTS) is 1. The van der Waals surface area contributed by atoms with Crippen LogP contribution in [0.1, 0.15) is 68.1 Å². The number of alkyl halides is 4. The van der Waals surface area contributed by atoms with Crippen molar-refractivity contribution in [3.8, 4) is 11.5 Å². The number of nitrogens with two attached hydrogens (primary N) is 1. The number of sulfonamides is 1. The summed E-state index contributed by atoms with van der Waals surface area (Å²) < 4.78 is 83.1. The van der Waals surface area contributed by atoms with Gasteiger partial charge in [0.1, 0.15) is 29.0 Å². The predicted octanol–water partition coefficient (Wildman–Crippen LogP) is 8.38. The second kappa shape index (κ2) is 30.0. The number of ether oxygens (including phenoxy) is 2. The molecule has 72 heavy (non-hydrogen) atoms. The lowest BCUT2D eigenvalue weighted by molar-refractivity contribution is -0.385. The Hall–Kier alpha value is -5.40. The third kappa shape index (κ3) is 23.4. The van der Waals surface area contributed by atoms with Crippen molar-refractivity contribution in [1.82, 2.24) is 19.7 Å². The largest absolute Gasteiger partial charge is 0.480 e. The Morgan fingerprint density at radius 2 is 1.65 bits per heavy atom. The first kappa shape index (κ1) is 64.6. The summed E-state index contributed by atoms with van der Waals surface area (Å²) in [5, 5.41) is 25.2. The number of rotatable bonds is 19. The number of nitrogens with zero attached hydrogens (tertiary/aromatic N) is 5. The number of anilines is 3. The molecular formula is C43H58Cl3F3N9O12PS. The zero-order valence-corrected chi connectivity index (χ0v) is 44.6. The molecule has 3 unspecified atom stereocenters. The van der Waals surface area contributed by atoms with Crippen LogP contribution in [0.25, 0.3) is 0 Å². The van der Waals surface area contributed by atoms with Crippen molar-refractivity contribution >= 4 is 93.3 Å². The molecule has 0 fully saturated rings. The number of carboxylic acids is 1. The number of nitro groups is 1. The lowest BCUT2D eigenvalue weighted by Gasteiger charge is -2.31. The number of benzene rings is 3. The molecule has 3 atom stereocenters. The molecule has 4 aromatic rings. The molecule has 0 saturated heterocycles. The number of nitro benzene ring substituents is 1. The van der Waals surface area contributed by atoms with Crippen LogP contribution >= 0.6 is 42.2 Å². The summed E-state index contributed by atoms with van der Waals surface area (Å²) in [6.45, 7) is 14.5. The van der Waals surface area contributed by atoms with E-state index < -0.39 is 68.2 Å². The van der Waals surface area contributed by atoms with Gasteiger partial charge in [0.05, 0.1) is 40.1 Å². The van der Waals surface area contributed by atoms with Crippen molar-refractivity contribution in [2.24, 2.45) is 5.73 Å². The van der Waals surface area contributed by atoms with Gasteiger partial charge in [0.25, 0.3) is 11.6 Å². The number of halogens is 6. The van der Waals surface area contributed by atoms with E-state index in [0.717, 1.165) is 54.0 Å². The van der Waals surface area contributed by atoms with Crippen molar-refractivity contribution in [2.45, 2.75) is 78.7 Å². The molecule has 1 heterocycles. The van der Waals surface area contributed by atoms with Gasteiger partial charge >= 0.3 is 12.1 Å². The minimum absolute atomic E-state index is 0.0223. The van der Waals surface area contributed by atoms with E-state index >= 15 is 0 Å². The Labute approximate surface area is 430 Å². The van der Waals surface area contributed by atoms with E-state index in [9.17, 15) is 50.7 Å². The molecule has 0 aliphatic rings. The molecule has 0 spiro atoms. The summed E-state index contributed by atoms with van der Waals surface area (Å²) in [7, 11) is -5.47. The highest BCUT2D eigenvalue weighted by atomic mass is 35.5. The van der Waals surface area contributed by atoms with Crippen LogP contribution in [-0.4, -0.2) is 119 Å². The Morgan fingerprint density at radius 3 is 2.14 bits per heavy atom. The van der Waals surface area contributed by atoms with Crippen molar-refractivity contribution < 1.29 is 64.9 Å². The molecule has 21 nitrogen and oxygen atoms in total. The SMILES string of the molecule is CCNc1nc(Cl)nc(NC(C)C)n1.CCc1cccc(C)c1N(C(=O)CCl)C(C)COC.CP(=O)(O)CCC(N)C(=O)O.CS(=O)(=O)NC(=O)c1cc(Oc2ccc(C(F)(F)F)cc2Cl)ccc1[N+](=O)[O-]. The molecule has 0 bridgehead atoms. The van der Waals surface area contributed by atoms with Gasteiger partial charge in [-0.1, -0.05) is 36.7 Å². The predicted molar refractivity (Wildman–Crippen MR) is 271 cm³/mol. The molecule has 0 aliphatic carbocycles. The van der Waals surface area contributed by atoms with Gasteiger partial charge in [0, 0.05) is 44.7 Å². The molecule has 2 amide bonds. The van der Waals surface area contributed by atoms with E-state index in [1.54, 1.807) is 16.7 Å². The van der Waals surface area contributed by atoms with Crippen molar-refractivity contribution in [1.29, 1.82) is 0 Å². The van der Waals surface area contributed by atoms with E-state index in [0.29, 0.717) is 36.9 Å². The van der Waals surface area contributed by atoms with Crippen LogP contribution < -0.4 is 30.7 Å². The molecule has 3 aromatic carbocycles. The number of aryl methyl sites for hydroxylation is 2. The molecule has 0 aliphatic heterocycles. The average molecular weight is 1120 g/mol. The van der Waals surface area contributed by atoms with Gasteiger partial charge in [-0.2, -0.15) is 28.1 Å². The first-order valence-electron chi connectivity index (χ1n) is 21.3. The molecule has 29 heteroatoms. The number of hydrogen-bond donors (Lipinski definition) is 6. The summed E-state index contributed by atoms with van der Waals surface area (Å²) in [5.74, 6) is -1.94. The molecular weight excluding hydrogens is 1060 g/mol. The van der Waals surface area contributed by atoms with Gasteiger partial charge in [-0.25, -0.2) is 13.1 Å². The quantitative estimate of drug-likeness (QED) is 0.0222. The van der Waals surface area contributed by atoms with Crippen LogP contribution in [0.15, 0.2) is 54.6 Å². The highest BCUT2D eigenvalue weighted by molar-refractivity contribution is 7.89. The van der Waals surface area contributed by atoms with Crippen LogP contribution in [0.3, 0.4) is 0 Å². The third-order valence-corrected chi connectivity index (χ3v) is 11.2. The molecule has 0 saturated carbocycles. The highest BCUT2D eigenvalue weighted by Crippen LogP contribution is 2.38. The zero-order valence-electron chi connectivity index (χ0n) is 40.6. The highest BCUT2D eigenvalue weighted by Gasteiger charge is 2.31. The standard InChI is InChI=1S/C15H10ClF3N2O6S.C15H22ClNO2.C8H14ClN5.C5H12NO4P/c1-28(25,26)20-14(22)10-7-9(3-4-12(10)21(23)24)27-13-5-2-8(6-11(13)16)15(17,18)19;1-5-13-8-6-7-11(2)15(13)17(14(18)9-16)12(3)10-19-4;1-4-10-7-12-6(9)13-8(14-7)11-5(2)3;1-11(9,10)3-2-4(6)5(7)8/h2-7H,1H3,(H,20,22);6-8,12H,5,9-10H2,1-4H3;5H,4H2,1-3H3,(H2,10,11,12,13,14);4H,2-3,6H2,1H3,(H,7,8)(H,9,10). The average Bonchev–Trinajstić information content (AvgIpc) is 3.26. The van der Waals surface area contributed by atoms with Crippen LogP contribution in [0.2, 0.25) is 10.3 Å². The number of hydrogen-bond acceptors (Lipinski definition) is 16. The van der Waals surface area contributed by atoms with E-state index in [4.69, 9.17) is 60.0 Å². The minimum atomic E-state index is -4.62. The lowest BCUT2D eigenvalue weighted by Crippen LogP contribution is -2.43. The fraction of sp³-hybridized carbons (Fsp3) is 0.442. The summed E-state index contributed by atoms with van der Waals surface area (Å²) in [5.41, 5.74) is 5.96. The topological polar surface area (TPSA) is 308 Å². The van der Waals surface area contributed by atoms with E-state index in [1.807, 2.05) is 46.8 Å². The van der Waals surface area contributed by atoms with Gasteiger partial charge in [-0.3, -0.25) is 29.1 Å². The van der Waals surface area contributed by atoms with Crippen LogP contribution in [0.4, 0.5) is 36.4 Å². The number of nitrogens with one attached hydrogen (secondary N) is 3. The molecule has 4 rings (SSSR count). The number of amides is 2. The second-order valence-corrected chi connectivity index (χ2v) is 20.9. The lowest BCUT2D eigenvalue weighted by atomic mass is 10.0. The van der Waals surface area contributed by atoms with Crippen molar-refractivity contribution in [3.05, 3.63) is 97.3 Å². The Kier molecular flexibility index (Phi) is 26.9. The maximum atomic E-state index is 12.7. The van der Waals surface area contributed by atoms with Crippen LogP contribution in [0, 0.1) is 17.0 Å². The van der Waals surface area contributed by atoms with Gasteiger partial charge in [0.2, 0.25) is 33.1 Å². The maximum Gasteiger partial charge on any atom is 0.416 e. The van der Waals surface area contributed by atoms with Crippen LogP contribution in [-0.2, 0) is 41.5 Å². The number of carbonyl (C=O) groups is 3. The number of para-hydroxylation sites is 1. The van der Waals surface area contributed by atoms with Gasteiger partial charge in [-0.15, -0.1) is 11.6 Å². The van der Waals surface area contributed by atoms with Gasteiger partial charge < -0.3 is 40.7 Å². The fourth-order valence-electron chi connectivity index (χ4n) is 5.76. The van der Waals surface area contributed by atoms with Gasteiger partial charge in [-0.05, 0) is 94.5 Å². The Morgan fingerprint density at radius 1 is 1.03 bits per heavy atom. The monoisotopic (exact) mass is 1120 g/mol. The fourth-order valence-corrected chi connectivity index (χ4v) is 7.47. The third-order valence-electron chi connectivity index (χ3n) is 8.88. The maximum absolute atomic E-state index is 12.7.